The van der Waals surface area contributed by atoms with E-state index in [1.54, 1.807) is 7.05 Å². The molecule has 1 atom stereocenters. The molecule has 104 valence electrons. The van der Waals surface area contributed by atoms with E-state index < -0.39 is 35.6 Å². The maximum atomic E-state index is 14.0. The Hall–Kier alpha value is -1.76. The summed E-state index contributed by atoms with van der Waals surface area (Å²) in [4.78, 5) is 24.3. The van der Waals surface area contributed by atoms with Crippen molar-refractivity contribution in [3.63, 3.8) is 0 Å². The molecule has 2 rings (SSSR count). The first-order chi connectivity index (χ1) is 8.83. The van der Waals surface area contributed by atoms with E-state index in [0.717, 1.165) is 10.6 Å². The van der Waals surface area contributed by atoms with Crippen molar-refractivity contribution in [2.24, 2.45) is 0 Å². The van der Waals surface area contributed by atoms with Crippen LogP contribution in [0.4, 0.5) is 8.78 Å². The van der Waals surface area contributed by atoms with Crippen LogP contribution in [-0.2, 0) is 0 Å². The molecule has 1 N–H and O–H groups in total. The van der Waals surface area contributed by atoms with Gasteiger partial charge in [-0.15, -0.1) is 0 Å². The molecule has 1 aliphatic rings. The summed E-state index contributed by atoms with van der Waals surface area (Å²) >= 11 is 0. The Kier molecular flexibility index (Phi) is 3.40. The predicted octanol–water partition coefficient (Wildman–Crippen LogP) is 1.06. The summed E-state index contributed by atoms with van der Waals surface area (Å²) < 4.78 is 28.8. The first-order valence-electron chi connectivity index (χ1n) is 5.84. The molecule has 0 bridgehead atoms. The first-order valence-corrected chi connectivity index (χ1v) is 5.84. The third-order valence-electron chi connectivity index (χ3n) is 3.29. The Morgan fingerprint density at radius 2 is 2.21 bits per heavy atom. The topological polar surface area (TPSA) is 62.5 Å². The number of carbonyl (C=O) groups is 1. The maximum Gasteiger partial charge on any atom is 0.341 e. The molecular formula is C12H14F2N2O3. The first kappa shape index (κ1) is 13.7. The number of hydrogen-bond acceptors (Lipinski definition) is 3. The Morgan fingerprint density at radius 1 is 1.53 bits per heavy atom. The molecule has 2 heterocycles. The number of pyridine rings is 1. The summed E-state index contributed by atoms with van der Waals surface area (Å²) in [6, 6.07) is 1.13. The average Bonchev–Trinajstić information content (AvgIpc) is 2.28. The van der Waals surface area contributed by atoms with E-state index >= 15 is 0 Å². The third-order valence-corrected chi connectivity index (χ3v) is 3.29. The monoisotopic (exact) mass is 272 g/mol. The molecule has 7 heteroatoms. The third kappa shape index (κ3) is 2.51. The number of carboxylic acids is 1. The molecule has 0 amide bonds. The SMILES string of the molecule is CN1CCC(n2cccc(C(=O)O)c2=O)C(F)(F)C1. The van der Waals surface area contributed by atoms with Crippen LogP contribution in [0.3, 0.4) is 0 Å². The normalized spacial score (nSPS) is 23.2. The number of nitrogens with zero attached hydrogens (tertiary/aromatic N) is 2. The molecule has 1 unspecified atom stereocenters. The fourth-order valence-electron chi connectivity index (χ4n) is 2.36. The second kappa shape index (κ2) is 4.73. The second-order valence-electron chi connectivity index (χ2n) is 4.74. The number of halogens is 2. The van der Waals surface area contributed by atoms with E-state index in [0.29, 0.717) is 6.54 Å². The van der Waals surface area contributed by atoms with Crippen LogP contribution < -0.4 is 5.56 Å². The zero-order valence-corrected chi connectivity index (χ0v) is 10.3. The lowest BCUT2D eigenvalue weighted by Gasteiger charge is -2.37. The predicted molar refractivity (Wildman–Crippen MR) is 63.8 cm³/mol. The number of piperidine rings is 1. The average molecular weight is 272 g/mol. The molecule has 19 heavy (non-hydrogen) atoms. The highest BCUT2D eigenvalue weighted by Crippen LogP contribution is 2.35. The molecule has 1 aromatic heterocycles. The van der Waals surface area contributed by atoms with Crippen molar-refractivity contribution in [2.45, 2.75) is 18.4 Å². The van der Waals surface area contributed by atoms with Crippen LogP contribution >= 0.6 is 0 Å². The summed E-state index contributed by atoms with van der Waals surface area (Å²) in [7, 11) is 1.58. The lowest BCUT2D eigenvalue weighted by atomic mass is 10.0. The lowest BCUT2D eigenvalue weighted by molar-refractivity contribution is -0.0989. The van der Waals surface area contributed by atoms with Crippen LogP contribution in [-0.4, -0.2) is 46.6 Å². The molecule has 0 radical (unpaired) electrons. The van der Waals surface area contributed by atoms with E-state index in [1.807, 2.05) is 0 Å². The summed E-state index contributed by atoms with van der Waals surface area (Å²) in [6.07, 6.45) is 1.32. The van der Waals surface area contributed by atoms with Crippen LogP contribution in [0, 0.1) is 0 Å². The van der Waals surface area contributed by atoms with Gasteiger partial charge in [-0.1, -0.05) is 0 Å². The van der Waals surface area contributed by atoms with E-state index in [-0.39, 0.29) is 6.42 Å². The van der Waals surface area contributed by atoms with E-state index in [2.05, 4.69) is 0 Å². The van der Waals surface area contributed by atoms with Crippen molar-refractivity contribution in [3.8, 4) is 0 Å². The Labute approximate surface area is 108 Å². The van der Waals surface area contributed by atoms with Gasteiger partial charge in [-0.25, -0.2) is 13.6 Å². The molecule has 0 aromatic carbocycles. The highest BCUT2D eigenvalue weighted by molar-refractivity contribution is 5.86. The standard InChI is InChI=1S/C12H14F2N2O3/c1-15-6-4-9(12(13,14)7-15)16-5-2-3-8(10(16)17)11(18)19/h2-3,5,9H,4,6-7H2,1H3,(H,18,19). The molecule has 1 saturated heterocycles. The maximum absolute atomic E-state index is 14.0. The molecule has 0 aliphatic carbocycles. The summed E-state index contributed by atoms with van der Waals surface area (Å²) in [6.45, 7) is -0.00853. The van der Waals surface area contributed by atoms with E-state index in [4.69, 9.17) is 5.11 Å². The Morgan fingerprint density at radius 3 is 2.79 bits per heavy atom. The molecular weight excluding hydrogens is 258 g/mol. The molecule has 5 nitrogen and oxygen atoms in total. The van der Waals surface area contributed by atoms with Gasteiger partial charge in [0.15, 0.2) is 0 Å². The number of aromatic carboxylic acids is 1. The van der Waals surface area contributed by atoms with Gasteiger partial charge < -0.3 is 14.6 Å². The molecule has 0 saturated carbocycles. The van der Waals surface area contributed by atoms with Crippen LogP contribution in [0.15, 0.2) is 23.1 Å². The van der Waals surface area contributed by atoms with Gasteiger partial charge in [-0.2, -0.15) is 0 Å². The zero-order chi connectivity index (χ0) is 14.2. The molecule has 1 aromatic rings. The minimum Gasteiger partial charge on any atom is -0.477 e. The van der Waals surface area contributed by atoms with Crippen LogP contribution in [0.1, 0.15) is 22.8 Å². The minimum atomic E-state index is -3.06. The number of aromatic nitrogens is 1. The van der Waals surface area contributed by atoms with Crippen molar-refractivity contribution in [1.29, 1.82) is 0 Å². The van der Waals surface area contributed by atoms with Crippen molar-refractivity contribution in [2.75, 3.05) is 20.1 Å². The number of likely N-dealkylation sites (tertiary alicyclic amines) is 1. The summed E-state index contributed by atoms with van der Waals surface area (Å²) in [5, 5.41) is 8.85. The van der Waals surface area contributed by atoms with Gasteiger partial charge in [0.2, 0.25) is 0 Å². The van der Waals surface area contributed by atoms with Crippen molar-refractivity contribution in [3.05, 3.63) is 34.2 Å². The second-order valence-corrected chi connectivity index (χ2v) is 4.74. The Balaban J connectivity index is 2.45. The van der Waals surface area contributed by atoms with Crippen LogP contribution in [0.2, 0.25) is 0 Å². The van der Waals surface area contributed by atoms with E-state index in [9.17, 15) is 18.4 Å². The lowest BCUT2D eigenvalue weighted by Crippen LogP contribution is -2.50. The van der Waals surface area contributed by atoms with Crippen LogP contribution in [0.25, 0.3) is 0 Å². The molecule has 1 fully saturated rings. The Bertz CT molecular complexity index is 556. The van der Waals surface area contributed by atoms with Gasteiger partial charge in [0.25, 0.3) is 11.5 Å². The van der Waals surface area contributed by atoms with Gasteiger partial charge in [0.05, 0.1) is 6.54 Å². The quantitative estimate of drug-likeness (QED) is 0.874. The number of rotatable bonds is 2. The van der Waals surface area contributed by atoms with Crippen molar-refractivity contribution < 1.29 is 18.7 Å². The van der Waals surface area contributed by atoms with Gasteiger partial charge in [0.1, 0.15) is 11.6 Å². The van der Waals surface area contributed by atoms with Crippen LogP contribution in [0.5, 0.6) is 0 Å². The highest BCUT2D eigenvalue weighted by atomic mass is 19.3. The molecule has 1 aliphatic heterocycles. The number of hydrogen-bond donors (Lipinski definition) is 1. The smallest absolute Gasteiger partial charge is 0.341 e. The van der Waals surface area contributed by atoms with Gasteiger partial charge in [0, 0.05) is 12.7 Å². The zero-order valence-electron chi connectivity index (χ0n) is 10.3. The van der Waals surface area contributed by atoms with Crippen molar-refractivity contribution >= 4 is 5.97 Å². The largest absolute Gasteiger partial charge is 0.477 e. The van der Waals surface area contributed by atoms with Gasteiger partial charge in [-0.05, 0) is 25.6 Å². The summed E-state index contributed by atoms with van der Waals surface area (Å²) in [5.41, 5.74) is -1.37. The van der Waals surface area contributed by atoms with Gasteiger partial charge >= 0.3 is 5.97 Å². The highest BCUT2D eigenvalue weighted by Gasteiger charge is 2.45. The number of alkyl halides is 2. The number of carboxylic acid groups (broad SMARTS) is 1. The molecule has 0 spiro atoms. The fourth-order valence-corrected chi connectivity index (χ4v) is 2.36. The van der Waals surface area contributed by atoms with Gasteiger partial charge in [-0.3, -0.25) is 4.79 Å². The fraction of sp³-hybridized carbons (Fsp3) is 0.500. The minimum absolute atomic E-state index is 0.104. The van der Waals surface area contributed by atoms with E-state index in [1.165, 1.54) is 17.2 Å². The van der Waals surface area contributed by atoms with Crippen molar-refractivity contribution in [1.82, 2.24) is 9.47 Å². The summed E-state index contributed by atoms with van der Waals surface area (Å²) in [5.74, 6) is -4.47.